The Morgan fingerprint density at radius 2 is 2.10 bits per heavy atom. The number of rotatable bonds is 6. The molecule has 1 atom stereocenters. The Kier molecular flexibility index (Phi) is 6.34. The van der Waals surface area contributed by atoms with Crippen LogP contribution in [0.2, 0.25) is 0 Å². The first kappa shape index (κ1) is 20.8. The van der Waals surface area contributed by atoms with Crippen molar-refractivity contribution in [2.24, 2.45) is 0 Å². The standard InChI is InChI=1S/C22H26FN3O3S/c1-15(27)24-12-18-13-26(22(28)29-18)17-4-5-20(21(23)11-17)16-6-8-25(9-7-16)14-19-3-2-10-30-19/h2-5,10-11,16,18H,6-9,12-14H2,1H3,(H,24,27)/t18-/m0/s1. The van der Waals surface area contributed by atoms with Gasteiger partial charge in [-0.1, -0.05) is 12.1 Å². The van der Waals surface area contributed by atoms with Gasteiger partial charge >= 0.3 is 6.09 Å². The predicted molar refractivity (Wildman–Crippen MR) is 114 cm³/mol. The summed E-state index contributed by atoms with van der Waals surface area (Å²) in [5, 5.41) is 4.73. The van der Waals surface area contributed by atoms with Gasteiger partial charge in [0.05, 0.1) is 18.8 Å². The summed E-state index contributed by atoms with van der Waals surface area (Å²) in [5.74, 6) is -0.264. The zero-order chi connectivity index (χ0) is 21.1. The minimum atomic E-state index is -0.514. The van der Waals surface area contributed by atoms with Crippen LogP contribution in [0, 0.1) is 5.82 Å². The van der Waals surface area contributed by atoms with Crippen LogP contribution in [0.3, 0.4) is 0 Å². The first-order chi connectivity index (χ1) is 14.5. The quantitative estimate of drug-likeness (QED) is 0.757. The molecule has 0 radical (unpaired) electrons. The number of benzene rings is 1. The van der Waals surface area contributed by atoms with Crippen LogP contribution >= 0.6 is 11.3 Å². The molecule has 1 aromatic heterocycles. The van der Waals surface area contributed by atoms with E-state index >= 15 is 0 Å². The minimum Gasteiger partial charge on any atom is -0.442 e. The summed E-state index contributed by atoms with van der Waals surface area (Å²) in [6.45, 7) is 4.82. The molecule has 8 heteroatoms. The first-order valence-corrected chi connectivity index (χ1v) is 11.1. The second-order valence-corrected chi connectivity index (χ2v) is 8.92. The highest BCUT2D eigenvalue weighted by molar-refractivity contribution is 7.09. The van der Waals surface area contributed by atoms with Gasteiger partial charge in [0.15, 0.2) is 0 Å². The topological polar surface area (TPSA) is 61.9 Å². The van der Waals surface area contributed by atoms with Gasteiger partial charge in [0.25, 0.3) is 0 Å². The number of anilines is 1. The van der Waals surface area contributed by atoms with E-state index in [4.69, 9.17) is 4.74 Å². The number of cyclic esters (lactones) is 1. The van der Waals surface area contributed by atoms with Crippen molar-refractivity contribution in [3.8, 4) is 0 Å². The number of nitrogens with zero attached hydrogens (tertiary/aromatic N) is 2. The van der Waals surface area contributed by atoms with E-state index in [1.165, 1.54) is 22.8 Å². The Hall–Kier alpha value is -2.45. The number of hydrogen-bond donors (Lipinski definition) is 1. The van der Waals surface area contributed by atoms with Gasteiger partial charge in [-0.25, -0.2) is 9.18 Å². The second-order valence-electron chi connectivity index (χ2n) is 7.89. The molecule has 0 spiro atoms. The maximum atomic E-state index is 14.9. The lowest BCUT2D eigenvalue weighted by Gasteiger charge is -2.32. The van der Waals surface area contributed by atoms with E-state index in [1.807, 2.05) is 0 Å². The maximum absolute atomic E-state index is 14.9. The highest BCUT2D eigenvalue weighted by atomic mass is 32.1. The van der Waals surface area contributed by atoms with Crippen molar-refractivity contribution in [1.29, 1.82) is 0 Å². The summed E-state index contributed by atoms with van der Waals surface area (Å²) < 4.78 is 20.2. The average molecular weight is 432 g/mol. The molecule has 2 amide bonds. The Morgan fingerprint density at radius 3 is 2.77 bits per heavy atom. The summed E-state index contributed by atoms with van der Waals surface area (Å²) in [4.78, 5) is 28.4. The zero-order valence-corrected chi connectivity index (χ0v) is 17.8. The van der Waals surface area contributed by atoms with Crippen molar-refractivity contribution < 1.29 is 18.7 Å². The number of piperidine rings is 1. The van der Waals surface area contributed by atoms with E-state index in [9.17, 15) is 14.0 Å². The van der Waals surface area contributed by atoms with Crippen LogP contribution in [0.4, 0.5) is 14.9 Å². The van der Waals surface area contributed by atoms with E-state index in [1.54, 1.807) is 23.5 Å². The van der Waals surface area contributed by atoms with Gasteiger partial charge in [-0.15, -0.1) is 11.3 Å². The molecule has 2 aliphatic rings. The number of carbonyl (C=O) groups is 2. The average Bonchev–Trinajstić information content (AvgIpc) is 3.36. The number of likely N-dealkylation sites (tertiary alicyclic amines) is 1. The molecule has 2 fully saturated rings. The predicted octanol–water partition coefficient (Wildman–Crippen LogP) is 3.73. The Morgan fingerprint density at radius 1 is 1.30 bits per heavy atom. The molecule has 0 aliphatic carbocycles. The van der Waals surface area contributed by atoms with Crippen molar-refractivity contribution in [2.45, 2.75) is 38.3 Å². The van der Waals surface area contributed by atoms with Gasteiger partial charge in [-0.3, -0.25) is 14.6 Å². The number of amides is 2. The van der Waals surface area contributed by atoms with Gasteiger partial charge < -0.3 is 10.1 Å². The van der Waals surface area contributed by atoms with E-state index in [-0.39, 0.29) is 24.2 Å². The summed E-state index contributed by atoms with van der Waals surface area (Å²) in [6, 6.07) is 9.24. The van der Waals surface area contributed by atoms with Crippen LogP contribution in [0.5, 0.6) is 0 Å². The molecule has 0 unspecified atom stereocenters. The van der Waals surface area contributed by atoms with E-state index in [2.05, 4.69) is 27.7 Å². The van der Waals surface area contributed by atoms with E-state index < -0.39 is 12.2 Å². The van der Waals surface area contributed by atoms with Crippen molar-refractivity contribution >= 4 is 29.0 Å². The molecule has 6 nitrogen and oxygen atoms in total. The number of ether oxygens (including phenoxy) is 1. The summed E-state index contributed by atoms with van der Waals surface area (Å²) in [5.41, 5.74) is 1.21. The molecule has 0 bridgehead atoms. The molecular weight excluding hydrogens is 405 g/mol. The van der Waals surface area contributed by atoms with Crippen molar-refractivity contribution in [1.82, 2.24) is 10.2 Å². The number of hydrogen-bond acceptors (Lipinski definition) is 5. The molecule has 1 aromatic carbocycles. The molecule has 0 saturated carbocycles. The molecule has 160 valence electrons. The largest absolute Gasteiger partial charge is 0.442 e. The first-order valence-electron chi connectivity index (χ1n) is 10.3. The van der Waals surface area contributed by atoms with Crippen LogP contribution in [0.15, 0.2) is 35.7 Å². The summed E-state index contributed by atoms with van der Waals surface area (Å²) >= 11 is 1.77. The molecular formula is C22H26FN3O3S. The van der Waals surface area contributed by atoms with Crippen LogP contribution < -0.4 is 10.2 Å². The zero-order valence-electron chi connectivity index (χ0n) is 17.0. The Bertz CT molecular complexity index is 897. The fourth-order valence-electron chi connectivity index (χ4n) is 4.14. The van der Waals surface area contributed by atoms with E-state index in [0.29, 0.717) is 12.2 Å². The maximum Gasteiger partial charge on any atom is 0.414 e. The van der Waals surface area contributed by atoms with Crippen LogP contribution in [0.25, 0.3) is 0 Å². The minimum absolute atomic E-state index is 0.179. The third kappa shape index (κ3) is 4.82. The smallest absolute Gasteiger partial charge is 0.414 e. The highest BCUT2D eigenvalue weighted by Crippen LogP contribution is 2.33. The normalized spacial score (nSPS) is 20.4. The molecule has 4 rings (SSSR count). The third-order valence-electron chi connectivity index (χ3n) is 5.74. The van der Waals surface area contributed by atoms with Gasteiger partial charge in [-0.2, -0.15) is 0 Å². The monoisotopic (exact) mass is 431 g/mol. The molecule has 3 heterocycles. The lowest BCUT2D eigenvalue weighted by atomic mass is 9.89. The van der Waals surface area contributed by atoms with Crippen LogP contribution in [-0.2, 0) is 16.1 Å². The Balaban J connectivity index is 1.35. The number of halogens is 1. The lowest BCUT2D eigenvalue weighted by Crippen LogP contribution is -2.33. The van der Waals surface area contributed by atoms with Crippen molar-refractivity contribution in [3.05, 3.63) is 52.0 Å². The van der Waals surface area contributed by atoms with Crippen LogP contribution in [-0.4, -0.2) is 49.2 Å². The van der Waals surface area contributed by atoms with Crippen LogP contribution in [0.1, 0.15) is 36.1 Å². The number of nitrogens with one attached hydrogen (secondary N) is 1. The molecule has 30 heavy (non-hydrogen) atoms. The van der Waals surface area contributed by atoms with Gasteiger partial charge in [0.1, 0.15) is 11.9 Å². The molecule has 2 aromatic rings. The van der Waals surface area contributed by atoms with Gasteiger partial charge in [0.2, 0.25) is 5.91 Å². The summed E-state index contributed by atoms with van der Waals surface area (Å²) in [7, 11) is 0. The van der Waals surface area contributed by atoms with Gasteiger partial charge in [0, 0.05) is 18.3 Å². The van der Waals surface area contributed by atoms with Crippen molar-refractivity contribution in [3.63, 3.8) is 0 Å². The van der Waals surface area contributed by atoms with Crippen molar-refractivity contribution in [2.75, 3.05) is 31.1 Å². The molecule has 1 N–H and O–H groups in total. The van der Waals surface area contributed by atoms with E-state index in [0.717, 1.165) is 38.0 Å². The second kappa shape index (κ2) is 9.14. The lowest BCUT2D eigenvalue weighted by molar-refractivity contribution is -0.119. The molecule has 2 aliphatic heterocycles. The Labute approximate surface area is 179 Å². The fraction of sp³-hybridized carbons (Fsp3) is 0.455. The highest BCUT2D eigenvalue weighted by Gasteiger charge is 2.33. The number of carbonyl (C=O) groups excluding carboxylic acids is 2. The SMILES string of the molecule is CC(=O)NC[C@H]1CN(c2ccc(C3CCN(Cc4cccs4)CC3)c(F)c2)C(=O)O1. The van der Waals surface area contributed by atoms with Gasteiger partial charge in [-0.05, 0) is 61.0 Å². The summed E-state index contributed by atoms with van der Waals surface area (Å²) in [6.07, 6.45) is 0.898. The fourth-order valence-corrected chi connectivity index (χ4v) is 4.88. The third-order valence-corrected chi connectivity index (χ3v) is 6.60. The number of thiophene rings is 1. The molecule has 2 saturated heterocycles.